The van der Waals surface area contributed by atoms with Crippen molar-refractivity contribution in [3.8, 4) is 0 Å². The summed E-state index contributed by atoms with van der Waals surface area (Å²) in [5.74, 6) is -0.983. The zero-order valence-electron chi connectivity index (χ0n) is 10.7. The van der Waals surface area contributed by atoms with Crippen LogP contribution in [-0.2, 0) is 10.0 Å². The van der Waals surface area contributed by atoms with Crippen molar-refractivity contribution < 1.29 is 17.7 Å². The molecule has 0 aliphatic carbocycles. The number of nitro groups is 1. The molecule has 7 nitrogen and oxygen atoms in total. The van der Waals surface area contributed by atoms with E-state index in [4.69, 9.17) is 0 Å². The number of nitrogens with zero attached hydrogens (tertiary/aromatic N) is 2. The predicted molar refractivity (Wildman–Crippen MR) is 69.3 cm³/mol. The first-order valence-corrected chi connectivity index (χ1v) is 7.41. The third kappa shape index (κ3) is 2.65. The third-order valence-corrected chi connectivity index (χ3v) is 5.18. The average Bonchev–Trinajstić information content (AvgIpc) is 2.88. The second kappa shape index (κ2) is 5.43. The van der Waals surface area contributed by atoms with E-state index in [9.17, 15) is 22.9 Å². The number of sulfonamides is 1. The van der Waals surface area contributed by atoms with Crippen molar-refractivity contribution in [1.29, 1.82) is 0 Å². The first-order valence-electron chi connectivity index (χ1n) is 5.97. The fourth-order valence-corrected chi connectivity index (χ4v) is 3.71. The smallest absolute Gasteiger partial charge is 0.270 e. The predicted octanol–water partition coefficient (Wildman–Crippen LogP) is 0.716. The molecule has 1 heterocycles. The Morgan fingerprint density at radius 2 is 2.20 bits per heavy atom. The van der Waals surface area contributed by atoms with Gasteiger partial charge in [-0.3, -0.25) is 10.1 Å². The molecule has 1 aliphatic heterocycles. The molecular formula is C11H14FN3O4S. The molecule has 0 saturated carbocycles. The highest BCUT2D eigenvalue weighted by Gasteiger charge is 2.34. The maximum Gasteiger partial charge on any atom is 0.270 e. The molecule has 1 fully saturated rings. The molecule has 0 radical (unpaired) electrons. The number of nitrogens with one attached hydrogen (secondary N) is 1. The van der Waals surface area contributed by atoms with E-state index < -0.39 is 31.3 Å². The van der Waals surface area contributed by atoms with E-state index >= 15 is 0 Å². The molecule has 1 saturated heterocycles. The molecule has 0 amide bonds. The molecule has 2 rings (SSSR count). The highest BCUT2D eigenvalue weighted by Crippen LogP contribution is 2.26. The number of likely N-dealkylation sites (N-methyl/N-ethyl adjacent to an activating group) is 1. The number of non-ortho nitro benzene ring substituents is 1. The molecule has 0 aromatic heterocycles. The van der Waals surface area contributed by atoms with Gasteiger partial charge in [-0.05, 0) is 19.5 Å². The maximum atomic E-state index is 13.7. The number of rotatable bonds is 4. The highest BCUT2D eigenvalue weighted by molar-refractivity contribution is 7.89. The summed E-state index contributed by atoms with van der Waals surface area (Å²) < 4.78 is 39.5. The number of hydrogen-bond acceptors (Lipinski definition) is 5. The number of nitro benzene ring substituents is 1. The van der Waals surface area contributed by atoms with E-state index in [1.807, 2.05) is 0 Å². The Bertz CT molecular complexity index is 635. The lowest BCUT2D eigenvalue weighted by molar-refractivity contribution is -0.385. The van der Waals surface area contributed by atoms with Gasteiger partial charge in [0.1, 0.15) is 10.7 Å². The van der Waals surface area contributed by atoms with Crippen LogP contribution in [0.25, 0.3) is 0 Å². The lowest BCUT2D eigenvalue weighted by atomic mass is 10.3. The van der Waals surface area contributed by atoms with Crippen LogP contribution in [0.2, 0.25) is 0 Å². The van der Waals surface area contributed by atoms with Crippen molar-refractivity contribution in [1.82, 2.24) is 9.62 Å². The van der Waals surface area contributed by atoms with Crippen LogP contribution in [0.15, 0.2) is 23.1 Å². The zero-order valence-corrected chi connectivity index (χ0v) is 11.6. The lowest BCUT2D eigenvalue weighted by Gasteiger charge is -2.16. The average molecular weight is 303 g/mol. The minimum absolute atomic E-state index is 0.00605. The van der Waals surface area contributed by atoms with Crippen molar-refractivity contribution in [2.24, 2.45) is 0 Å². The van der Waals surface area contributed by atoms with Gasteiger partial charge in [0, 0.05) is 31.3 Å². The third-order valence-electron chi connectivity index (χ3n) is 3.30. The van der Waals surface area contributed by atoms with E-state index in [0.717, 1.165) is 22.5 Å². The van der Waals surface area contributed by atoms with Gasteiger partial charge in [0.25, 0.3) is 5.69 Å². The van der Waals surface area contributed by atoms with Crippen LogP contribution >= 0.6 is 0 Å². The van der Waals surface area contributed by atoms with Gasteiger partial charge in [0.05, 0.1) is 4.92 Å². The van der Waals surface area contributed by atoms with Gasteiger partial charge in [0.2, 0.25) is 10.0 Å². The molecular weight excluding hydrogens is 289 g/mol. The Labute approximate surface area is 115 Å². The number of benzene rings is 1. The quantitative estimate of drug-likeness (QED) is 0.653. The van der Waals surface area contributed by atoms with Gasteiger partial charge >= 0.3 is 0 Å². The first kappa shape index (κ1) is 14.8. The van der Waals surface area contributed by atoms with Crippen LogP contribution in [0.3, 0.4) is 0 Å². The van der Waals surface area contributed by atoms with Crippen LogP contribution in [0.5, 0.6) is 0 Å². The summed E-state index contributed by atoms with van der Waals surface area (Å²) in [4.78, 5) is 9.28. The van der Waals surface area contributed by atoms with Crippen molar-refractivity contribution in [2.45, 2.75) is 17.4 Å². The molecule has 1 aromatic carbocycles. The topological polar surface area (TPSA) is 92.6 Å². The minimum Gasteiger partial charge on any atom is -0.316 e. The Kier molecular flexibility index (Phi) is 4.02. The summed E-state index contributed by atoms with van der Waals surface area (Å²) in [5, 5.41) is 13.6. The maximum absolute atomic E-state index is 13.7. The fourth-order valence-electron chi connectivity index (χ4n) is 2.12. The Morgan fingerprint density at radius 3 is 2.75 bits per heavy atom. The SMILES string of the molecule is CNC1CCN(S(=O)(=O)c2cc([N+](=O)[O-])ccc2F)C1. The summed E-state index contributed by atoms with van der Waals surface area (Å²) >= 11 is 0. The second-order valence-corrected chi connectivity index (χ2v) is 6.42. The summed E-state index contributed by atoms with van der Waals surface area (Å²) in [5.41, 5.74) is -0.450. The van der Waals surface area contributed by atoms with E-state index in [1.54, 1.807) is 7.05 Å². The molecule has 0 bridgehead atoms. The van der Waals surface area contributed by atoms with Gasteiger partial charge in [-0.25, -0.2) is 12.8 Å². The summed E-state index contributed by atoms with van der Waals surface area (Å²) in [6.07, 6.45) is 0.617. The summed E-state index contributed by atoms with van der Waals surface area (Å²) in [6.45, 7) is 0.483. The van der Waals surface area contributed by atoms with E-state index in [-0.39, 0.29) is 19.1 Å². The van der Waals surface area contributed by atoms with Gasteiger partial charge in [-0.1, -0.05) is 0 Å². The summed E-state index contributed by atoms with van der Waals surface area (Å²) in [7, 11) is -2.34. The molecule has 1 atom stereocenters. The molecule has 9 heteroatoms. The molecule has 20 heavy (non-hydrogen) atoms. The molecule has 1 N–H and O–H groups in total. The molecule has 1 unspecified atom stereocenters. The van der Waals surface area contributed by atoms with Gasteiger partial charge in [0.15, 0.2) is 0 Å². The van der Waals surface area contributed by atoms with E-state index in [1.165, 1.54) is 0 Å². The molecule has 110 valence electrons. The van der Waals surface area contributed by atoms with Gasteiger partial charge < -0.3 is 5.32 Å². The largest absolute Gasteiger partial charge is 0.316 e. The minimum atomic E-state index is -4.05. The Morgan fingerprint density at radius 1 is 1.50 bits per heavy atom. The van der Waals surface area contributed by atoms with Crippen molar-refractivity contribution in [3.05, 3.63) is 34.1 Å². The Hall–Kier alpha value is -1.58. The highest BCUT2D eigenvalue weighted by atomic mass is 32.2. The number of hydrogen-bond donors (Lipinski definition) is 1. The Balaban J connectivity index is 2.39. The fraction of sp³-hybridized carbons (Fsp3) is 0.455. The van der Waals surface area contributed by atoms with Crippen LogP contribution < -0.4 is 5.32 Å². The molecule has 1 aliphatic rings. The van der Waals surface area contributed by atoms with Crippen molar-refractivity contribution >= 4 is 15.7 Å². The van der Waals surface area contributed by atoms with Crippen LogP contribution in [0.4, 0.5) is 10.1 Å². The van der Waals surface area contributed by atoms with Crippen LogP contribution in [-0.4, -0.2) is 43.8 Å². The van der Waals surface area contributed by atoms with Crippen LogP contribution in [0.1, 0.15) is 6.42 Å². The second-order valence-electron chi connectivity index (χ2n) is 4.51. The first-order chi connectivity index (χ1) is 9.36. The standard InChI is InChI=1S/C11H14FN3O4S/c1-13-8-4-5-14(7-8)20(18,19)11-6-9(15(16)17)2-3-10(11)12/h2-3,6,8,13H,4-5,7H2,1H3. The normalized spacial score (nSPS) is 20.2. The van der Waals surface area contributed by atoms with Crippen molar-refractivity contribution in [3.63, 3.8) is 0 Å². The van der Waals surface area contributed by atoms with Crippen molar-refractivity contribution in [2.75, 3.05) is 20.1 Å². The van der Waals surface area contributed by atoms with Gasteiger partial charge in [-0.2, -0.15) is 4.31 Å². The summed E-state index contributed by atoms with van der Waals surface area (Å²) in [6, 6.07) is 2.51. The molecule has 1 aromatic rings. The molecule has 0 spiro atoms. The number of halogens is 1. The van der Waals surface area contributed by atoms with Crippen LogP contribution in [0, 0.1) is 15.9 Å². The van der Waals surface area contributed by atoms with E-state index in [0.29, 0.717) is 6.42 Å². The zero-order chi connectivity index (χ0) is 14.9. The monoisotopic (exact) mass is 303 g/mol. The van der Waals surface area contributed by atoms with E-state index in [2.05, 4.69) is 5.32 Å². The van der Waals surface area contributed by atoms with Gasteiger partial charge in [-0.15, -0.1) is 0 Å². The lowest BCUT2D eigenvalue weighted by Crippen LogP contribution is -2.33.